The topological polar surface area (TPSA) is 34.2 Å². The van der Waals surface area contributed by atoms with Gasteiger partial charge in [-0.15, -0.1) is 22.9 Å². The van der Waals surface area contributed by atoms with Crippen LogP contribution in [0.25, 0.3) is 10.2 Å². The first-order valence-electron chi connectivity index (χ1n) is 6.55. The molecule has 0 saturated carbocycles. The fourth-order valence-corrected chi connectivity index (χ4v) is 3.65. The summed E-state index contributed by atoms with van der Waals surface area (Å²) >= 11 is 7.89. The number of rotatable bonds is 4. The van der Waals surface area contributed by atoms with Gasteiger partial charge in [-0.2, -0.15) is 0 Å². The van der Waals surface area contributed by atoms with Gasteiger partial charge in [0.2, 0.25) is 0 Å². The van der Waals surface area contributed by atoms with E-state index >= 15 is 0 Å². The van der Waals surface area contributed by atoms with Gasteiger partial charge in [0.05, 0.1) is 10.2 Å². The highest BCUT2D eigenvalue weighted by Gasteiger charge is 2.31. The zero-order valence-electron chi connectivity index (χ0n) is 10.7. The van der Waals surface area contributed by atoms with Crippen molar-refractivity contribution in [3.63, 3.8) is 0 Å². The molecule has 2 heterocycles. The van der Waals surface area contributed by atoms with Crippen molar-refractivity contribution in [2.24, 2.45) is 0 Å². The Kier molecular flexibility index (Phi) is 4.03. The molecule has 3 nitrogen and oxygen atoms in total. The van der Waals surface area contributed by atoms with Gasteiger partial charge in [0.15, 0.2) is 0 Å². The van der Waals surface area contributed by atoms with Crippen LogP contribution in [0.1, 0.15) is 17.8 Å². The van der Waals surface area contributed by atoms with Gasteiger partial charge < -0.3 is 10.1 Å². The van der Waals surface area contributed by atoms with Crippen LogP contribution >= 0.6 is 22.9 Å². The van der Waals surface area contributed by atoms with Crippen molar-refractivity contribution in [3.05, 3.63) is 29.3 Å². The molecule has 2 aromatic rings. The van der Waals surface area contributed by atoms with Crippen LogP contribution in [-0.4, -0.2) is 29.6 Å². The molecule has 0 aliphatic carbocycles. The Balaban J connectivity index is 1.70. The van der Waals surface area contributed by atoms with Crippen LogP contribution in [0.5, 0.6) is 0 Å². The molecule has 0 bridgehead atoms. The van der Waals surface area contributed by atoms with Crippen LogP contribution in [0.15, 0.2) is 24.3 Å². The summed E-state index contributed by atoms with van der Waals surface area (Å²) in [4.78, 5) is 4.64. The molecule has 5 heteroatoms. The summed E-state index contributed by atoms with van der Waals surface area (Å²) < 4.78 is 6.66. The Morgan fingerprint density at radius 2 is 2.11 bits per heavy atom. The maximum Gasteiger partial charge on any atom is 0.108 e. The van der Waals surface area contributed by atoms with Gasteiger partial charge in [0.1, 0.15) is 5.01 Å². The van der Waals surface area contributed by atoms with E-state index in [9.17, 15) is 0 Å². The molecule has 1 saturated heterocycles. The lowest BCUT2D eigenvalue weighted by Crippen LogP contribution is -2.50. The van der Waals surface area contributed by atoms with Crippen LogP contribution in [0.3, 0.4) is 0 Å². The zero-order valence-corrected chi connectivity index (χ0v) is 12.3. The minimum Gasteiger partial charge on any atom is -0.381 e. The fourth-order valence-electron chi connectivity index (χ4n) is 2.38. The third kappa shape index (κ3) is 2.92. The minimum atomic E-state index is 0.0116. The maximum atomic E-state index is 6.15. The number of halogens is 1. The van der Waals surface area contributed by atoms with Gasteiger partial charge in [-0.3, -0.25) is 0 Å². The van der Waals surface area contributed by atoms with Crippen molar-refractivity contribution >= 4 is 33.2 Å². The highest BCUT2D eigenvalue weighted by atomic mass is 35.5. The second-order valence-electron chi connectivity index (χ2n) is 4.96. The van der Waals surface area contributed by atoms with E-state index in [1.807, 2.05) is 6.07 Å². The molecule has 19 heavy (non-hydrogen) atoms. The summed E-state index contributed by atoms with van der Waals surface area (Å²) in [6, 6.07) is 8.25. The predicted molar refractivity (Wildman–Crippen MR) is 80.0 cm³/mol. The monoisotopic (exact) mass is 296 g/mol. The van der Waals surface area contributed by atoms with Crippen molar-refractivity contribution in [2.45, 2.75) is 24.9 Å². The molecule has 0 radical (unpaired) electrons. The van der Waals surface area contributed by atoms with E-state index in [4.69, 9.17) is 16.3 Å². The van der Waals surface area contributed by atoms with E-state index in [1.165, 1.54) is 4.70 Å². The highest BCUT2D eigenvalue weighted by molar-refractivity contribution is 7.18. The lowest BCUT2D eigenvalue weighted by molar-refractivity contribution is 0.0459. The van der Waals surface area contributed by atoms with E-state index in [0.717, 1.165) is 43.1 Å². The largest absolute Gasteiger partial charge is 0.381 e. The number of ether oxygens (including phenoxy) is 1. The number of fused-ring (bicyclic) bond motifs is 1. The number of benzene rings is 1. The van der Waals surface area contributed by atoms with E-state index < -0.39 is 0 Å². The third-order valence-electron chi connectivity index (χ3n) is 3.66. The Bertz CT molecular complexity index is 518. The number of para-hydroxylation sites is 1. The van der Waals surface area contributed by atoms with Crippen molar-refractivity contribution in [1.29, 1.82) is 0 Å². The van der Waals surface area contributed by atoms with Crippen molar-refractivity contribution in [1.82, 2.24) is 10.3 Å². The van der Waals surface area contributed by atoms with Gasteiger partial charge in [-0.25, -0.2) is 4.98 Å². The molecule has 1 fully saturated rings. The summed E-state index contributed by atoms with van der Waals surface area (Å²) in [5.74, 6) is 0.626. The molecule has 1 aromatic heterocycles. The predicted octanol–water partition coefficient (Wildman–Crippen LogP) is 3.17. The Morgan fingerprint density at radius 3 is 2.84 bits per heavy atom. The average Bonchev–Trinajstić information content (AvgIpc) is 2.89. The summed E-state index contributed by atoms with van der Waals surface area (Å²) in [5.41, 5.74) is 1.09. The first-order valence-corrected chi connectivity index (χ1v) is 7.90. The van der Waals surface area contributed by atoms with Gasteiger partial charge >= 0.3 is 0 Å². The molecule has 1 aliphatic heterocycles. The smallest absolute Gasteiger partial charge is 0.108 e. The van der Waals surface area contributed by atoms with E-state index in [0.29, 0.717) is 5.88 Å². The number of thiazole rings is 1. The van der Waals surface area contributed by atoms with Gasteiger partial charge in [-0.05, 0) is 25.0 Å². The number of nitrogens with one attached hydrogen (secondary N) is 1. The fraction of sp³-hybridized carbons (Fsp3) is 0.500. The quantitative estimate of drug-likeness (QED) is 0.880. The Hall–Kier alpha value is -0.680. The number of hydrogen-bond donors (Lipinski definition) is 1. The summed E-state index contributed by atoms with van der Waals surface area (Å²) in [5, 5.41) is 4.72. The van der Waals surface area contributed by atoms with Crippen LogP contribution in [-0.2, 0) is 11.3 Å². The number of aromatic nitrogens is 1. The number of hydrogen-bond acceptors (Lipinski definition) is 4. The lowest BCUT2D eigenvalue weighted by Gasteiger charge is -2.36. The first-order chi connectivity index (χ1) is 9.31. The van der Waals surface area contributed by atoms with Crippen LogP contribution in [0.4, 0.5) is 0 Å². The molecular weight excluding hydrogens is 280 g/mol. The molecule has 3 rings (SSSR count). The SMILES string of the molecule is ClCC1(NCc2nc3ccccc3s2)CCOCC1. The lowest BCUT2D eigenvalue weighted by atomic mass is 9.92. The Morgan fingerprint density at radius 1 is 1.32 bits per heavy atom. The van der Waals surface area contributed by atoms with E-state index in [2.05, 4.69) is 28.5 Å². The van der Waals surface area contributed by atoms with Crippen LogP contribution < -0.4 is 5.32 Å². The van der Waals surface area contributed by atoms with Gasteiger partial charge in [-0.1, -0.05) is 12.1 Å². The molecule has 1 aliphatic rings. The highest BCUT2D eigenvalue weighted by Crippen LogP contribution is 2.25. The minimum absolute atomic E-state index is 0.0116. The molecule has 1 N–H and O–H groups in total. The molecule has 0 unspecified atom stereocenters. The van der Waals surface area contributed by atoms with Crippen LogP contribution in [0.2, 0.25) is 0 Å². The molecule has 0 amide bonds. The summed E-state index contributed by atoms with van der Waals surface area (Å²) in [7, 11) is 0. The molecule has 0 spiro atoms. The average molecular weight is 297 g/mol. The van der Waals surface area contributed by atoms with Crippen molar-refractivity contribution < 1.29 is 4.74 Å². The molecule has 1 aromatic carbocycles. The van der Waals surface area contributed by atoms with Crippen LogP contribution in [0, 0.1) is 0 Å². The van der Waals surface area contributed by atoms with E-state index in [-0.39, 0.29) is 5.54 Å². The number of alkyl halides is 1. The van der Waals surface area contributed by atoms with Crippen molar-refractivity contribution in [3.8, 4) is 0 Å². The first kappa shape index (κ1) is 13.3. The van der Waals surface area contributed by atoms with E-state index in [1.54, 1.807) is 11.3 Å². The third-order valence-corrected chi connectivity index (χ3v) is 5.21. The van der Waals surface area contributed by atoms with Crippen molar-refractivity contribution in [2.75, 3.05) is 19.1 Å². The van der Waals surface area contributed by atoms with Gasteiger partial charge in [0, 0.05) is 31.2 Å². The Labute approximate surface area is 121 Å². The normalized spacial score (nSPS) is 18.8. The summed E-state index contributed by atoms with van der Waals surface area (Å²) in [6.45, 7) is 2.37. The second-order valence-corrected chi connectivity index (χ2v) is 6.34. The molecule has 102 valence electrons. The molecular formula is C14H17ClN2OS. The zero-order chi connectivity index (χ0) is 13.1. The maximum absolute atomic E-state index is 6.15. The molecule has 0 atom stereocenters. The van der Waals surface area contributed by atoms with Gasteiger partial charge in [0.25, 0.3) is 0 Å². The summed E-state index contributed by atoms with van der Waals surface area (Å²) in [6.07, 6.45) is 1.95. The number of nitrogens with zero attached hydrogens (tertiary/aromatic N) is 1. The standard InChI is InChI=1S/C14H17ClN2OS/c15-10-14(5-7-18-8-6-14)16-9-13-17-11-3-1-2-4-12(11)19-13/h1-4,16H,5-10H2. The second kappa shape index (κ2) is 5.75.